The van der Waals surface area contributed by atoms with Crippen LogP contribution >= 0.6 is 0 Å². The van der Waals surface area contributed by atoms with Crippen LogP contribution in [0.5, 0.6) is 0 Å². The minimum absolute atomic E-state index is 0.103. The minimum Gasteiger partial charge on any atom is -0.379 e. The van der Waals surface area contributed by atoms with Crippen LogP contribution in [0.4, 0.5) is 0 Å². The average Bonchev–Trinajstić information content (AvgIpc) is 3.48. The Labute approximate surface area is 276 Å². The van der Waals surface area contributed by atoms with E-state index in [0.717, 1.165) is 77.9 Å². The molecule has 7 fully saturated rings. The van der Waals surface area contributed by atoms with Crippen LogP contribution in [-0.4, -0.2) is 86.3 Å². The van der Waals surface area contributed by atoms with Crippen molar-refractivity contribution in [2.24, 2.45) is 52.3 Å². The fraction of sp³-hybridized carbons (Fsp3) is 0.919. The zero-order valence-electron chi connectivity index (χ0n) is 28.9. The standard InChI is InChI=1S/C37H60N4O5/c1-23-8-11-37(39-22-23)24(2)34-30(46-37)19-29-27-7-6-25-18-26(9-10-35(25,3)28(27)20-31(42)36(29,34)4)40-33(44)21-32(43)38-12-5-13-41-14-16-45-17-15-41/h23-30,34,39H,5-22H2,1-4H3,(H,38,43)(H,40,44)/t23-,24+,25+,26+,27-,28+,29+,30+,34+,35+,36-,37-/m1/s1. The highest BCUT2D eigenvalue weighted by molar-refractivity contribution is 5.97. The number of hydrogen-bond acceptors (Lipinski definition) is 7. The van der Waals surface area contributed by atoms with Gasteiger partial charge in [0, 0.05) is 55.9 Å². The van der Waals surface area contributed by atoms with Crippen molar-refractivity contribution in [1.29, 1.82) is 0 Å². The van der Waals surface area contributed by atoms with Gasteiger partial charge < -0.3 is 20.1 Å². The second kappa shape index (κ2) is 12.7. The van der Waals surface area contributed by atoms with Crippen LogP contribution < -0.4 is 16.0 Å². The van der Waals surface area contributed by atoms with E-state index in [9.17, 15) is 14.4 Å². The number of ketones is 1. The van der Waals surface area contributed by atoms with Gasteiger partial charge in [0.1, 0.15) is 17.9 Å². The summed E-state index contributed by atoms with van der Waals surface area (Å²) in [6, 6.07) is 0.114. The number of hydrogen-bond donors (Lipinski definition) is 3. The summed E-state index contributed by atoms with van der Waals surface area (Å²) in [6.07, 6.45) is 10.2. The van der Waals surface area contributed by atoms with E-state index in [-0.39, 0.29) is 46.9 Å². The normalized spacial score (nSPS) is 47.0. The van der Waals surface area contributed by atoms with E-state index in [4.69, 9.17) is 9.47 Å². The molecule has 9 heteroatoms. The Hall–Kier alpha value is -1.55. The van der Waals surface area contributed by atoms with Crippen molar-refractivity contribution in [1.82, 2.24) is 20.9 Å². The Morgan fingerprint density at radius 1 is 1.00 bits per heavy atom. The first kappa shape index (κ1) is 33.0. The third kappa shape index (κ3) is 5.67. The summed E-state index contributed by atoms with van der Waals surface area (Å²) >= 11 is 0. The summed E-state index contributed by atoms with van der Waals surface area (Å²) in [5, 5.41) is 9.96. The molecule has 12 atom stereocenters. The van der Waals surface area contributed by atoms with Crippen LogP contribution in [0.25, 0.3) is 0 Å². The monoisotopic (exact) mass is 640 g/mol. The zero-order valence-corrected chi connectivity index (χ0v) is 28.9. The average molecular weight is 641 g/mol. The molecule has 9 nitrogen and oxygen atoms in total. The lowest BCUT2D eigenvalue weighted by atomic mass is 9.44. The highest BCUT2D eigenvalue weighted by atomic mass is 16.5. The van der Waals surface area contributed by atoms with E-state index in [0.29, 0.717) is 60.2 Å². The Bertz CT molecular complexity index is 1170. The second-order valence-electron chi connectivity index (χ2n) is 17.1. The minimum atomic E-state index is -0.281. The maximum atomic E-state index is 14.4. The molecule has 0 radical (unpaired) electrons. The van der Waals surface area contributed by atoms with E-state index < -0.39 is 0 Å². The third-order valence-corrected chi connectivity index (χ3v) is 14.8. The number of morpholine rings is 1. The number of Topliss-reactive ketones (excluding diaryl/α,β-unsaturated/α-hetero) is 1. The van der Waals surface area contributed by atoms with Crippen molar-refractivity contribution in [2.45, 2.75) is 116 Å². The van der Waals surface area contributed by atoms with E-state index >= 15 is 0 Å². The molecule has 0 aromatic rings. The topological polar surface area (TPSA) is 109 Å². The van der Waals surface area contributed by atoms with Gasteiger partial charge in [-0.3, -0.25) is 24.6 Å². The fourth-order valence-corrected chi connectivity index (χ4v) is 12.1. The zero-order chi connectivity index (χ0) is 32.3. The Balaban J connectivity index is 0.921. The van der Waals surface area contributed by atoms with Gasteiger partial charge >= 0.3 is 0 Å². The molecule has 3 heterocycles. The van der Waals surface area contributed by atoms with Gasteiger partial charge in [0.25, 0.3) is 0 Å². The van der Waals surface area contributed by atoms with Crippen molar-refractivity contribution >= 4 is 17.6 Å². The number of nitrogens with zero attached hydrogens (tertiary/aromatic N) is 1. The van der Waals surface area contributed by atoms with E-state index in [1.807, 2.05) is 0 Å². The number of carbonyl (C=O) groups excluding carboxylic acids is 3. The van der Waals surface area contributed by atoms with E-state index in [2.05, 4.69) is 48.5 Å². The molecule has 0 aromatic carbocycles. The highest BCUT2D eigenvalue weighted by Crippen LogP contribution is 2.70. The van der Waals surface area contributed by atoms with Crippen LogP contribution in [0.15, 0.2) is 0 Å². The van der Waals surface area contributed by atoms with E-state index in [1.165, 1.54) is 19.3 Å². The molecule has 0 unspecified atom stereocenters. The van der Waals surface area contributed by atoms with Gasteiger partial charge in [0.15, 0.2) is 0 Å². The molecule has 7 rings (SSSR count). The third-order valence-electron chi connectivity index (χ3n) is 14.8. The molecular formula is C37H60N4O5. The summed E-state index contributed by atoms with van der Waals surface area (Å²) < 4.78 is 12.4. The van der Waals surface area contributed by atoms with Crippen molar-refractivity contribution in [2.75, 3.05) is 45.9 Å². The number of ether oxygens (including phenoxy) is 2. The first-order valence-electron chi connectivity index (χ1n) is 18.9. The first-order chi connectivity index (χ1) is 22.0. The molecule has 0 bridgehead atoms. The van der Waals surface area contributed by atoms with Crippen LogP contribution in [0.1, 0.15) is 98.3 Å². The van der Waals surface area contributed by atoms with E-state index in [1.54, 1.807) is 0 Å². The number of nitrogens with one attached hydrogen (secondary N) is 3. The number of fused-ring (bicyclic) bond motifs is 7. The Kier molecular flexibility index (Phi) is 9.12. The van der Waals surface area contributed by atoms with Crippen LogP contribution in [0.3, 0.4) is 0 Å². The quantitative estimate of drug-likeness (QED) is 0.286. The molecule has 2 amide bonds. The summed E-state index contributed by atoms with van der Waals surface area (Å²) in [5.41, 5.74) is -0.397. The fourth-order valence-electron chi connectivity index (χ4n) is 12.1. The lowest BCUT2D eigenvalue weighted by Crippen LogP contribution is -2.60. The molecular weight excluding hydrogens is 580 g/mol. The number of piperidine rings is 1. The van der Waals surface area contributed by atoms with Crippen LogP contribution in [-0.2, 0) is 23.9 Å². The van der Waals surface area contributed by atoms with Crippen LogP contribution in [0.2, 0.25) is 0 Å². The maximum Gasteiger partial charge on any atom is 0.229 e. The van der Waals surface area contributed by atoms with Gasteiger partial charge in [-0.25, -0.2) is 0 Å². The molecule has 4 saturated carbocycles. The molecule has 4 aliphatic carbocycles. The number of carbonyl (C=O) groups is 3. The molecule has 258 valence electrons. The SMILES string of the molecule is C[C@@H]1CC[C@@]2(NC1)O[C@H]1C[C@H]3[C@@H]4CC[C@H]5C[C@@H](NC(=O)CC(=O)NCCCN6CCOCC6)CC[C@]5(C)[C@H]4CC(=O)[C@]3(C)[C@H]1[C@@H]2C. The Morgan fingerprint density at radius 3 is 2.57 bits per heavy atom. The summed E-state index contributed by atoms with van der Waals surface area (Å²) in [6.45, 7) is 15.5. The molecule has 3 saturated heterocycles. The first-order valence-corrected chi connectivity index (χ1v) is 18.9. The van der Waals surface area contributed by atoms with Crippen molar-refractivity contribution in [3.05, 3.63) is 0 Å². The van der Waals surface area contributed by atoms with Gasteiger partial charge in [-0.2, -0.15) is 0 Å². The summed E-state index contributed by atoms with van der Waals surface area (Å²) in [7, 11) is 0. The summed E-state index contributed by atoms with van der Waals surface area (Å²) in [4.78, 5) is 42.1. The molecule has 46 heavy (non-hydrogen) atoms. The van der Waals surface area contributed by atoms with Crippen LogP contribution in [0, 0.1) is 52.3 Å². The predicted octanol–water partition coefficient (Wildman–Crippen LogP) is 3.90. The number of amides is 2. The lowest BCUT2D eigenvalue weighted by Gasteiger charge is -2.60. The summed E-state index contributed by atoms with van der Waals surface area (Å²) in [5.74, 6) is 3.41. The van der Waals surface area contributed by atoms with Gasteiger partial charge in [-0.1, -0.05) is 27.7 Å². The molecule has 1 spiro atoms. The molecule has 7 aliphatic rings. The number of rotatable bonds is 7. The maximum absolute atomic E-state index is 14.4. The largest absolute Gasteiger partial charge is 0.379 e. The van der Waals surface area contributed by atoms with Gasteiger partial charge in [-0.15, -0.1) is 0 Å². The van der Waals surface area contributed by atoms with Crippen molar-refractivity contribution in [3.8, 4) is 0 Å². The highest BCUT2D eigenvalue weighted by Gasteiger charge is 2.71. The second-order valence-corrected chi connectivity index (χ2v) is 17.1. The molecule has 3 N–H and O–H groups in total. The molecule has 3 aliphatic heterocycles. The van der Waals surface area contributed by atoms with Crippen molar-refractivity contribution in [3.63, 3.8) is 0 Å². The Morgan fingerprint density at radius 2 is 1.80 bits per heavy atom. The predicted molar refractivity (Wildman–Crippen MR) is 176 cm³/mol. The lowest BCUT2D eigenvalue weighted by molar-refractivity contribution is -0.160. The van der Waals surface area contributed by atoms with Gasteiger partial charge in [-0.05, 0) is 99.3 Å². The van der Waals surface area contributed by atoms with Crippen molar-refractivity contribution < 1.29 is 23.9 Å². The molecule has 0 aromatic heterocycles. The smallest absolute Gasteiger partial charge is 0.229 e. The van der Waals surface area contributed by atoms with Gasteiger partial charge in [0.05, 0.1) is 19.3 Å². The van der Waals surface area contributed by atoms with Gasteiger partial charge in [0.2, 0.25) is 11.8 Å².